The maximum absolute atomic E-state index is 3.31. The minimum Gasteiger partial charge on any atom is -0.309 e. The number of nitrogens with zero attached hydrogens (tertiary/aromatic N) is 1. The lowest BCUT2D eigenvalue weighted by Crippen LogP contribution is -2.41. The van der Waals surface area contributed by atoms with E-state index in [1.54, 1.807) is 11.1 Å². The molecule has 0 bridgehead atoms. The average Bonchev–Trinajstić information content (AvgIpc) is 2.27. The van der Waals surface area contributed by atoms with Gasteiger partial charge in [0.1, 0.15) is 0 Å². The molecule has 0 spiro atoms. The predicted octanol–water partition coefficient (Wildman–Crippen LogP) is 1.78. The molecule has 0 amide bonds. The predicted molar refractivity (Wildman–Crippen MR) is 60.5 cm³/mol. The molecule has 2 rings (SSSR count). The van der Waals surface area contributed by atoms with Gasteiger partial charge in [-0.25, -0.2) is 0 Å². The fourth-order valence-corrected chi connectivity index (χ4v) is 2.41. The Morgan fingerprint density at radius 3 is 2.57 bits per heavy atom. The summed E-state index contributed by atoms with van der Waals surface area (Å²) in [5.41, 5.74) is 3.66. The molecule has 0 aliphatic carbocycles. The summed E-state index contributed by atoms with van der Waals surface area (Å²) in [6.45, 7) is 11.8. The zero-order chi connectivity index (χ0) is 10.2. The Balaban J connectivity index is 1.97. The molecule has 2 saturated heterocycles. The number of hydrogen-bond acceptors (Lipinski definition) is 2. The Kier molecular flexibility index (Phi) is 2.67. The van der Waals surface area contributed by atoms with Crippen LogP contribution in [0.3, 0.4) is 0 Å². The normalized spacial score (nSPS) is 26.4. The molecule has 0 unspecified atom stereocenters. The van der Waals surface area contributed by atoms with E-state index in [9.17, 15) is 0 Å². The van der Waals surface area contributed by atoms with Crippen LogP contribution >= 0.6 is 0 Å². The maximum atomic E-state index is 3.31. The molecule has 0 radical (unpaired) electrons. The lowest BCUT2D eigenvalue weighted by Gasteiger charge is -2.33. The van der Waals surface area contributed by atoms with E-state index < -0.39 is 0 Å². The van der Waals surface area contributed by atoms with Gasteiger partial charge in [-0.15, -0.1) is 0 Å². The minimum absolute atomic E-state index is 0.430. The highest BCUT2D eigenvalue weighted by Crippen LogP contribution is 2.29. The summed E-state index contributed by atoms with van der Waals surface area (Å²) in [7, 11) is 0. The van der Waals surface area contributed by atoms with Crippen LogP contribution in [-0.2, 0) is 0 Å². The lowest BCUT2D eigenvalue weighted by molar-refractivity contribution is 0.190. The summed E-state index contributed by atoms with van der Waals surface area (Å²) in [4.78, 5) is 2.63. The van der Waals surface area contributed by atoms with Crippen molar-refractivity contribution in [3.8, 4) is 0 Å². The topological polar surface area (TPSA) is 15.3 Å². The SMILES string of the molecule is CC(CN1CCCC1(C)C)=C1CNC1. The van der Waals surface area contributed by atoms with Crippen molar-refractivity contribution in [2.75, 3.05) is 26.2 Å². The third-order valence-corrected chi connectivity index (χ3v) is 3.78. The third-order valence-electron chi connectivity index (χ3n) is 3.78. The van der Waals surface area contributed by atoms with Gasteiger partial charge in [-0.3, -0.25) is 4.90 Å². The van der Waals surface area contributed by atoms with Crippen LogP contribution in [0.1, 0.15) is 33.6 Å². The van der Waals surface area contributed by atoms with Crippen molar-refractivity contribution in [2.45, 2.75) is 39.2 Å². The van der Waals surface area contributed by atoms with Crippen molar-refractivity contribution in [3.63, 3.8) is 0 Å². The lowest BCUT2D eigenvalue weighted by atomic mass is 10.00. The second-order valence-electron chi connectivity index (χ2n) is 5.32. The molecule has 0 aromatic carbocycles. The zero-order valence-corrected chi connectivity index (χ0v) is 9.69. The largest absolute Gasteiger partial charge is 0.309 e. The molecule has 2 heterocycles. The molecule has 0 aromatic rings. The van der Waals surface area contributed by atoms with E-state index >= 15 is 0 Å². The summed E-state index contributed by atoms with van der Waals surface area (Å²) in [5, 5.41) is 3.31. The van der Waals surface area contributed by atoms with Crippen LogP contribution in [0.4, 0.5) is 0 Å². The van der Waals surface area contributed by atoms with Crippen molar-refractivity contribution in [2.24, 2.45) is 0 Å². The van der Waals surface area contributed by atoms with Gasteiger partial charge < -0.3 is 5.32 Å². The van der Waals surface area contributed by atoms with Crippen LogP contribution in [-0.4, -0.2) is 36.6 Å². The van der Waals surface area contributed by atoms with Crippen molar-refractivity contribution >= 4 is 0 Å². The number of hydrogen-bond donors (Lipinski definition) is 1. The first-order valence-corrected chi connectivity index (χ1v) is 5.73. The van der Waals surface area contributed by atoms with Crippen molar-refractivity contribution in [1.82, 2.24) is 10.2 Å². The van der Waals surface area contributed by atoms with Crippen LogP contribution in [0, 0.1) is 0 Å². The van der Waals surface area contributed by atoms with Gasteiger partial charge in [-0.05, 0) is 45.7 Å². The zero-order valence-electron chi connectivity index (χ0n) is 9.69. The summed E-state index contributed by atoms with van der Waals surface area (Å²) < 4.78 is 0. The maximum Gasteiger partial charge on any atom is 0.0199 e. The van der Waals surface area contributed by atoms with Crippen molar-refractivity contribution in [3.05, 3.63) is 11.1 Å². The molecule has 0 saturated carbocycles. The average molecular weight is 194 g/mol. The van der Waals surface area contributed by atoms with Crippen LogP contribution in [0.15, 0.2) is 11.1 Å². The highest BCUT2D eigenvalue weighted by molar-refractivity contribution is 5.22. The number of rotatable bonds is 2. The Morgan fingerprint density at radius 2 is 2.14 bits per heavy atom. The van der Waals surface area contributed by atoms with Gasteiger partial charge >= 0.3 is 0 Å². The summed E-state index contributed by atoms with van der Waals surface area (Å²) in [6, 6.07) is 0. The molecule has 2 aliphatic heterocycles. The quantitative estimate of drug-likeness (QED) is 0.674. The molecule has 2 aliphatic rings. The Labute approximate surface area is 87.4 Å². The van der Waals surface area contributed by atoms with E-state index in [0.29, 0.717) is 5.54 Å². The van der Waals surface area contributed by atoms with E-state index in [4.69, 9.17) is 0 Å². The molecular weight excluding hydrogens is 172 g/mol. The summed E-state index contributed by atoms with van der Waals surface area (Å²) in [5.74, 6) is 0. The second-order valence-corrected chi connectivity index (χ2v) is 5.32. The van der Waals surface area contributed by atoms with E-state index in [-0.39, 0.29) is 0 Å². The smallest absolute Gasteiger partial charge is 0.0199 e. The molecule has 0 aromatic heterocycles. The molecule has 2 nitrogen and oxygen atoms in total. The van der Waals surface area contributed by atoms with Crippen LogP contribution in [0.25, 0.3) is 0 Å². The molecule has 80 valence electrons. The van der Waals surface area contributed by atoms with Gasteiger partial charge in [0.25, 0.3) is 0 Å². The first-order chi connectivity index (χ1) is 6.59. The van der Waals surface area contributed by atoms with Gasteiger partial charge in [0.15, 0.2) is 0 Å². The molecule has 2 fully saturated rings. The van der Waals surface area contributed by atoms with E-state index in [0.717, 1.165) is 13.1 Å². The van der Waals surface area contributed by atoms with Gasteiger partial charge in [0.2, 0.25) is 0 Å². The van der Waals surface area contributed by atoms with Crippen LogP contribution in [0.2, 0.25) is 0 Å². The number of nitrogens with one attached hydrogen (secondary N) is 1. The number of likely N-dealkylation sites (tertiary alicyclic amines) is 1. The molecule has 0 atom stereocenters. The van der Waals surface area contributed by atoms with Gasteiger partial charge in [0, 0.05) is 25.2 Å². The standard InChI is InChI=1S/C12H22N2/c1-10(11-7-13-8-11)9-14-6-4-5-12(14,2)3/h13H,4-9H2,1-3H3. The highest BCUT2D eigenvalue weighted by atomic mass is 15.2. The van der Waals surface area contributed by atoms with Crippen LogP contribution < -0.4 is 5.32 Å². The van der Waals surface area contributed by atoms with E-state index in [2.05, 4.69) is 31.0 Å². The second kappa shape index (κ2) is 3.67. The van der Waals surface area contributed by atoms with Gasteiger partial charge in [-0.2, -0.15) is 0 Å². The molecular formula is C12H22N2. The van der Waals surface area contributed by atoms with Gasteiger partial charge in [0.05, 0.1) is 0 Å². The minimum atomic E-state index is 0.430. The Bertz CT molecular complexity index is 247. The van der Waals surface area contributed by atoms with Crippen molar-refractivity contribution in [1.29, 1.82) is 0 Å². The fourth-order valence-electron chi connectivity index (χ4n) is 2.41. The van der Waals surface area contributed by atoms with Gasteiger partial charge in [-0.1, -0.05) is 5.57 Å². The first-order valence-electron chi connectivity index (χ1n) is 5.73. The monoisotopic (exact) mass is 194 g/mol. The summed E-state index contributed by atoms with van der Waals surface area (Å²) in [6.07, 6.45) is 2.72. The third kappa shape index (κ3) is 1.86. The molecule has 2 heteroatoms. The molecule has 14 heavy (non-hydrogen) atoms. The highest BCUT2D eigenvalue weighted by Gasteiger charge is 2.31. The fraction of sp³-hybridized carbons (Fsp3) is 0.833. The Hall–Kier alpha value is -0.340. The Morgan fingerprint density at radius 1 is 1.43 bits per heavy atom. The molecule has 1 N–H and O–H groups in total. The first kappa shape index (κ1) is 10.2. The van der Waals surface area contributed by atoms with Crippen LogP contribution in [0.5, 0.6) is 0 Å². The van der Waals surface area contributed by atoms with E-state index in [1.165, 1.54) is 25.9 Å². The van der Waals surface area contributed by atoms with E-state index in [1.807, 2.05) is 0 Å². The summed E-state index contributed by atoms with van der Waals surface area (Å²) >= 11 is 0. The van der Waals surface area contributed by atoms with Crippen molar-refractivity contribution < 1.29 is 0 Å².